The molecule has 0 N–H and O–H groups in total. The van der Waals surface area contributed by atoms with Gasteiger partial charge in [-0.15, -0.1) is 0 Å². The molecule has 0 heterocycles. The van der Waals surface area contributed by atoms with Gasteiger partial charge in [0, 0.05) is 5.56 Å². The Balaban J connectivity index is 1.57. The van der Waals surface area contributed by atoms with Crippen molar-refractivity contribution in [3.63, 3.8) is 0 Å². The normalized spacial score (nSPS) is 21.7. The van der Waals surface area contributed by atoms with Crippen molar-refractivity contribution in [3.05, 3.63) is 35.4 Å². The van der Waals surface area contributed by atoms with Crippen molar-refractivity contribution < 1.29 is 4.84 Å². The van der Waals surface area contributed by atoms with Crippen LogP contribution in [0.15, 0.2) is 29.4 Å². The van der Waals surface area contributed by atoms with Crippen LogP contribution in [0.25, 0.3) is 0 Å². The second-order valence-electron chi connectivity index (χ2n) is 6.53. The first-order valence-corrected chi connectivity index (χ1v) is 8.63. The second-order valence-corrected chi connectivity index (χ2v) is 6.53. The van der Waals surface area contributed by atoms with E-state index in [9.17, 15) is 0 Å². The molecule has 0 aliphatic heterocycles. The molecule has 2 nitrogen and oxygen atoms in total. The van der Waals surface area contributed by atoms with Crippen LogP contribution in [0.5, 0.6) is 0 Å². The van der Waals surface area contributed by atoms with E-state index in [1.54, 1.807) is 0 Å². The summed E-state index contributed by atoms with van der Waals surface area (Å²) in [5.74, 6) is 0.736. The van der Waals surface area contributed by atoms with E-state index in [0.717, 1.165) is 24.3 Å². The Labute approximate surface area is 128 Å². The van der Waals surface area contributed by atoms with Gasteiger partial charge in [0.25, 0.3) is 0 Å². The van der Waals surface area contributed by atoms with Crippen molar-refractivity contribution in [1.82, 2.24) is 0 Å². The Morgan fingerprint density at radius 2 is 1.62 bits per heavy atom. The monoisotopic (exact) mass is 284 g/mol. The van der Waals surface area contributed by atoms with E-state index in [-0.39, 0.29) is 0 Å². The highest BCUT2D eigenvalue weighted by Crippen LogP contribution is 2.32. The molecule has 2 fully saturated rings. The summed E-state index contributed by atoms with van der Waals surface area (Å²) in [6.07, 6.45) is 16.4. The fourth-order valence-corrected chi connectivity index (χ4v) is 3.62. The third-order valence-electron chi connectivity index (χ3n) is 4.89. The number of hydrogen-bond donors (Lipinski definition) is 0. The smallest absolute Gasteiger partial charge is 0.139 e. The van der Waals surface area contributed by atoms with Gasteiger partial charge in [-0.05, 0) is 56.1 Å². The standard InChI is InChI=1S/C19H26NO/c1-3-9-17(10-4-1)18-11-7-8-16(14-18)15-20-21-19-12-5-2-6-13-19/h7-8,11,14,17,19H,1-6,9-10,12-13H2. The van der Waals surface area contributed by atoms with Gasteiger partial charge in [0.05, 0.1) is 0 Å². The van der Waals surface area contributed by atoms with Gasteiger partial charge < -0.3 is 4.84 Å². The van der Waals surface area contributed by atoms with E-state index in [1.165, 1.54) is 56.9 Å². The predicted molar refractivity (Wildman–Crippen MR) is 86.8 cm³/mol. The van der Waals surface area contributed by atoms with Crippen LogP contribution in [0.2, 0.25) is 0 Å². The molecule has 2 saturated carbocycles. The van der Waals surface area contributed by atoms with Crippen LogP contribution >= 0.6 is 0 Å². The summed E-state index contributed by atoms with van der Waals surface area (Å²) in [7, 11) is 0. The fraction of sp³-hybridized carbons (Fsp3) is 0.632. The summed E-state index contributed by atoms with van der Waals surface area (Å²) >= 11 is 0. The van der Waals surface area contributed by atoms with Crippen molar-refractivity contribution in [1.29, 1.82) is 0 Å². The molecule has 113 valence electrons. The summed E-state index contributed by atoms with van der Waals surface area (Å²) < 4.78 is 0. The third-order valence-corrected chi connectivity index (χ3v) is 4.89. The van der Waals surface area contributed by atoms with Crippen LogP contribution in [0.1, 0.15) is 81.3 Å². The van der Waals surface area contributed by atoms with Gasteiger partial charge in [-0.1, -0.05) is 49.0 Å². The Bertz CT molecular complexity index is 456. The predicted octanol–water partition coefficient (Wildman–Crippen LogP) is 5.29. The molecule has 2 aliphatic rings. The molecule has 0 atom stereocenters. The first kappa shape index (κ1) is 14.6. The summed E-state index contributed by atoms with van der Waals surface area (Å²) in [4.78, 5) is 5.59. The zero-order valence-corrected chi connectivity index (χ0v) is 12.9. The molecule has 0 bridgehead atoms. The number of benzene rings is 1. The third kappa shape index (κ3) is 4.33. The lowest BCUT2D eigenvalue weighted by Gasteiger charge is -2.22. The molecule has 1 aromatic rings. The summed E-state index contributed by atoms with van der Waals surface area (Å²) in [5.41, 5.74) is 2.50. The van der Waals surface area contributed by atoms with Gasteiger partial charge in [-0.3, -0.25) is 0 Å². The molecule has 0 aromatic heterocycles. The first-order chi connectivity index (χ1) is 10.4. The molecule has 0 saturated heterocycles. The van der Waals surface area contributed by atoms with Crippen molar-refractivity contribution in [2.45, 2.75) is 76.2 Å². The van der Waals surface area contributed by atoms with Crippen molar-refractivity contribution >= 4 is 6.21 Å². The quantitative estimate of drug-likeness (QED) is 0.543. The second kappa shape index (κ2) is 7.63. The summed E-state index contributed by atoms with van der Waals surface area (Å²) in [5, 5.41) is 4.10. The molecular formula is C19H26NO. The van der Waals surface area contributed by atoms with E-state index in [1.807, 2.05) is 0 Å². The lowest BCUT2D eigenvalue weighted by atomic mass is 9.84. The van der Waals surface area contributed by atoms with Gasteiger partial charge in [0.2, 0.25) is 0 Å². The first-order valence-electron chi connectivity index (χ1n) is 8.63. The Morgan fingerprint density at radius 1 is 0.905 bits per heavy atom. The van der Waals surface area contributed by atoms with E-state index in [2.05, 4.69) is 35.6 Å². The maximum Gasteiger partial charge on any atom is 0.139 e. The average Bonchev–Trinajstić information content (AvgIpc) is 2.57. The van der Waals surface area contributed by atoms with Crippen LogP contribution in [0.3, 0.4) is 0 Å². The van der Waals surface area contributed by atoms with Gasteiger partial charge in [0.15, 0.2) is 0 Å². The highest BCUT2D eigenvalue weighted by atomic mass is 16.6. The average molecular weight is 284 g/mol. The maximum absolute atomic E-state index is 5.59. The molecule has 1 aromatic carbocycles. The SMILES string of the molecule is [C](=N\OC1CCCCC1)/c1cccc(C2CCCCC2)c1. The minimum absolute atomic E-state index is 0.313. The van der Waals surface area contributed by atoms with Gasteiger partial charge in [0.1, 0.15) is 12.3 Å². The molecule has 1 radical (unpaired) electrons. The Hall–Kier alpha value is -1.31. The van der Waals surface area contributed by atoms with E-state index in [4.69, 9.17) is 4.84 Å². The maximum atomic E-state index is 5.59. The van der Waals surface area contributed by atoms with Crippen LogP contribution < -0.4 is 0 Å². The molecule has 0 unspecified atom stereocenters. The number of nitrogens with zero attached hydrogens (tertiary/aromatic N) is 1. The molecule has 2 aliphatic carbocycles. The molecule has 0 spiro atoms. The van der Waals surface area contributed by atoms with Crippen LogP contribution in [-0.4, -0.2) is 12.3 Å². The molecule has 21 heavy (non-hydrogen) atoms. The van der Waals surface area contributed by atoms with Crippen molar-refractivity contribution in [3.8, 4) is 0 Å². The Kier molecular flexibility index (Phi) is 5.31. The van der Waals surface area contributed by atoms with Crippen LogP contribution in [-0.2, 0) is 4.84 Å². The molecular weight excluding hydrogens is 258 g/mol. The topological polar surface area (TPSA) is 21.6 Å². The minimum atomic E-state index is 0.313. The largest absolute Gasteiger partial charge is 0.392 e. The Morgan fingerprint density at radius 3 is 2.38 bits per heavy atom. The van der Waals surface area contributed by atoms with Crippen molar-refractivity contribution in [2.75, 3.05) is 0 Å². The molecule has 0 amide bonds. The lowest BCUT2D eigenvalue weighted by molar-refractivity contribution is 0.0340. The van der Waals surface area contributed by atoms with Gasteiger partial charge in [-0.2, -0.15) is 0 Å². The van der Waals surface area contributed by atoms with Gasteiger partial charge >= 0.3 is 0 Å². The fourth-order valence-electron chi connectivity index (χ4n) is 3.62. The zero-order chi connectivity index (χ0) is 14.3. The summed E-state index contributed by atoms with van der Waals surface area (Å²) in [6, 6.07) is 8.69. The minimum Gasteiger partial charge on any atom is -0.392 e. The number of rotatable bonds is 4. The number of hydrogen-bond acceptors (Lipinski definition) is 2. The van der Waals surface area contributed by atoms with Crippen LogP contribution in [0.4, 0.5) is 0 Å². The molecule has 3 rings (SSSR count). The van der Waals surface area contributed by atoms with E-state index < -0.39 is 0 Å². The van der Waals surface area contributed by atoms with Gasteiger partial charge in [-0.25, -0.2) is 0 Å². The zero-order valence-electron chi connectivity index (χ0n) is 12.9. The highest BCUT2D eigenvalue weighted by molar-refractivity contribution is 5.79. The van der Waals surface area contributed by atoms with Crippen LogP contribution in [0, 0.1) is 0 Å². The lowest BCUT2D eigenvalue weighted by Crippen LogP contribution is -2.13. The van der Waals surface area contributed by atoms with E-state index >= 15 is 0 Å². The summed E-state index contributed by atoms with van der Waals surface area (Å²) in [6.45, 7) is 0. The molecule has 2 heteroatoms. The van der Waals surface area contributed by atoms with E-state index in [0.29, 0.717) is 6.10 Å². The van der Waals surface area contributed by atoms with Crippen molar-refractivity contribution in [2.24, 2.45) is 5.16 Å². The highest BCUT2D eigenvalue weighted by Gasteiger charge is 2.16.